The van der Waals surface area contributed by atoms with E-state index in [2.05, 4.69) is 15.4 Å². The molecule has 0 saturated heterocycles. The zero-order valence-electron chi connectivity index (χ0n) is 13.6. The van der Waals surface area contributed by atoms with Crippen molar-refractivity contribution in [1.29, 1.82) is 0 Å². The van der Waals surface area contributed by atoms with Gasteiger partial charge in [-0.2, -0.15) is 5.10 Å². The molecule has 2 heterocycles. The van der Waals surface area contributed by atoms with Crippen molar-refractivity contribution in [1.82, 2.24) is 20.2 Å². The molecule has 0 atom stereocenters. The minimum atomic E-state index is -0.674. The molecule has 3 rings (SSSR count). The standard InChI is InChI=1S/C17H14ClN5O3/c1-23-14(17(25)22-26)12(9-20-23)10-4-6-11(7-5-10)16(24)21-15-13(18)3-2-8-19-15/h2-9,26H,1H3,(H,22,25)(H,19,21,24). The molecule has 2 amide bonds. The fraction of sp³-hybridized carbons (Fsp3) is 0.0588. The van der Waals surface area contributed by atoms with Crippen LogP contribution in [0.1, 0.15) is 20.8 Å². The van der Waals surface area contributed by atoms with Gasteiger partial charge in [0.2, 0.25) is 0 Å². The van der Waals surface area contributed by atoms with Gasteiger partial charge in [0.25, 0.3) is 11.8 Å². The Kier molecular flexibility index (Phi) is 4.97. The number of carbonyl (C=O) groups excluding carboxylic acids is 2. The van der Waals surface area contributed by atoms with Gasteiger partial charge in [-0.1, -0.05) is 23.7 Å². The Hall–Kier alpha value is -3.23. The molecule has 0 radical (unpaired) electrons. The monoisotopic (exact) mass is 371 g/mol. The summed E-state index contributed by atoms with van der Waals surface area (Å²) >= 11 is 5.98. The number of hydroxylamine groups is 1. The van der Waals surface area contributed by atoms with E-state index in [4.69, 9.17) is 16.8 Å². The van der Waals surface area contributed by atoms with E-state index >= 15 is 0 Å². The molecule has 2 aromatic heterocycles. The van der Waals surface area contributed by atoms with Crippen molar-refractivity contribution in [2.24, 2.45) is 7.05 Å². The lowest BCUT2D eigenvalue weighted by atomic mass is 10.0. The van der Waals surface area contributed by atoms with E-state index < -0.39 is 5.91 Å². The molecule has 0 fully saturated rings. The van der Waals surface area contributed by atoms with Crippen LogP contribution in [0, 0.1) is 0 Å². The third kappa shape index (κ3) is 3.41. The van der Waals surface area contributed by atoms with Gasteiger partial charge >= 0.3 is 0 Å². The van der Waals surface area contributed by atoms with E-state index in [9.17, 15) is 9.59 Å². The smallest absolute Gasteiger partial charge is 0.293 e. The Morgan fingerprint density at radius 3 is 2.54 bits per heavy atom. The highest BCUT2D eigenvalue weighted by Crippen LogP contribution is 2.24. The molecule has 26 heavy (non-hydrogen) atoms. The third-order valence-electron chi connectivity index (χ3n) is 3.70. The average Bonchev–Trinajstić information content (AvgIpc) is 3.04. The maximum Gasteiger partial charge on any atom is 0.293 e. The molecule has 0 unspecified atom stereocenters. The van der Waals surface area contributed by atoms with Crippen molar-refractivity contribution in [3.63, 3.8) is 0 Å². The zero-order chi connectivity index (χ0) is 18.7. The maximum atomic E-state index is 12.3. The maximum absolute atomic E-state index is 12.3. The molecule has 0 aliphatic heterocycles. The lowest BCUT2D eigenvalue weighted by Gasteiger charge is -2.07. The second-order valence-corrected chi connectivity index (χ2v) is 5.74. The topological polar surface area (TPSA) is 109 Å². The number of pyridine rings is 1. The Morgan fingerprint density at radius 2 is 1.88 bits per heavy atom. The van der Waals surface area contributed by atoms with Crippen molar-refractivity contribution in [3.05, 3.63) is 65.1 Å². The Morgan fingerprint density at radius 1 is 1.15 bits per heavy atom. The van der Waals surface area contributed by atoms with Crippen LogP contribution >= 0.6 is 11.6 Å². The highest BCUT2D eigenvalue weighted by molar-refractivity contribution is 6.33. The largest absolute Gasteiger partial charge is 0.305 e. The summed E-state index contributed by atoms with van der Waals surface area (Å²) in [6.07, 6.45) is 3.04. The van der Waals surface area contributed by atoms with Crippen molar-refractivity contribution in [2.45, 2.75) is 0 Å². The number of benzene rings is 1. The Labute approximate surface area is 153 Å². The average molecular weight is 372 g/mol. The summed E-state index contributed by atoms with van der Waals surface area (Å²) in [4.78, 5) is 28.1. The molecule has 0 spiro atoms. The first kappa shape index (κ1) is 17.6. The number of nitrogens with one attached hydrogen (secondary N) is 2. The molecule has 0 aliphatic carbocycles. The van der Waals surface area contributed by atoms with Crippen LogP contribution in [-0.2, 0) is 7.05 Å². The van der Waals surface area contributed by atoms with Gasteiger partial charge in [0.1, 0.15) is 5.69 Å². The van der Waals surface area contributed by atoms with Crippen molar-refractivity contribution in [3.8, 4) is 11.1 Å². The van der Waals surface area contributed by atoms with E-state index in [1.165, 1.54) is 17.1 Å². The summed E-state index contributed by atoms with van der Waals surface area (Å²) in [5.74, 6) is -0.763. The minimum absolute atomic E-state index is 0.199. The van der Waals surface area contributed by atoms with Gasteiger partial charge in [0.05, 0.1) is 11.2 Å². The number of aromatic nitrogens is 3. The van der Waals surface area contributed by atoms with Crippen LogP contribution in [0.2, 0.25) is 5.02 Å². The SMILES string of the molecule is Cn1ncc(-c2ccc(C(=O)Nc3ncccc3Cl)cc2)c1C(=O)NO. The second-order valence-electron chi connectivity index (χ2n) is 5.34. The zero-order valence-corrected chi connectivity index (χ0v) is 14.4. The van der Waals surface area contributed by atoms with E-state index in [0.717, 1.165) is 0 Å². The number of amides is 2. The minimum Gasteiger partial charge on any atom is -0.305 e. The van der Waals surface area contributed by atoms with Crippen molar-refractivity contribution >= 4 is 29.2 Å². The number of halogens is 1. The number of hydrogen-bond acceptors (Lipinski definition) is 5. The van der Waals surface area contributed by atoms with Gasteiger partial charge in [-0.3, -0.25) is 19.5 Å². The molecule has 0 bridgehead atoms. The number of nitrogens with zero attached hydrogens (tertiary/aromatic N) is 3. The first-order valence-corrected chi connectivity index (χ1v) is 7.88. The highest BCUT2D eigenvalue weighted by Gasteiger charge is 2.18. The molecule has 8 nitrogen and oxygen atoms in total. The molecule has 132 valence electrons. The van der Waals surface area contributed by atoms with E-state index in [1.54, 1.807) is 48.9 Å². The van der Waals surface area contributed by atoms with Crippen LogP contribution in [0.5, 0.6) is 0 Å². The number of carbonyl (C=O) groups is 2. The van der Waals surface area contributed by atoms with E-state index in [-0.39, 0.29) is 17.4 Å². The van der Waals surface area contributed by atoms with E-state index in [1.807, 2.05) is 0 Å². The highest BCUT2D eigenvalue weighted by atomic mass is 35.5. The Balaban J connectivity index is 1.84. The molecule has 0 aliphatic rings. The number of rotatable bonds is 4. The Bertz CT molecular complexity index is 969. The molecule has 3 aromatic rings. The predicted octanol–water partition coefficient (Wildman–Crippen LogP) is 2.51. The van der Waals surface area contributed by atoms with Crippen LogP contribution in [0.4, 0.5) is 5.82 Å². The fourth-order valence-corrected chi connectivity index (χ4v) is 2.60. The number of aryl methyl sites for hydroxylation is 1. The fourth-order valence-electron chi connectivity index (χ4n) is 2.43. The van der Waals surface area contributed by atoms with Gasteiger partial charge in [-0.25, -0.2) is 10.5 Å². The lowest BCUT2D eigenvalue weighted by Crippen LogP contribution is -2.22. The molecule has 1 aromatic carbocycles. The molecular formula is C17H14ClN5O3. The van der Waals surface area contributed by atoms with Gasteiger partial charge < -0.3 is 5.32 Å². The number of hydrogen-bond donors (Lipinski definition) is 3. The lowest BCUT2D eigenvalue weighted by molar-refractivity contribution is 0.0696. The summed E-state index contributed by atoms with van der Waals surface area (Å²) in [5.41, 5.74) is 3.39. The first-order valence-electron chi connectivity index (χ1n) is 7.50. The van der Waals surface area contributed by atoms with Crippen molar-refractivity contribution < 1.29 is 14.8 Å². The van der Waals surface area contributed by atoms with Crippen LogP contribution in [-0.4, -0.2) is 31.8 Å². The summed E-state index contributed by atoms with van der Waals surface area (Å²) in [6, 6.07) is 9.87. The summed E-state index contributed by atoms with van der Waals surface area (Å²) in [6.45, 7) is 0. The van der Waals surface area contributed by atoms with Gasteiger partial charge in [0, 0.05) is 24.4 Å². The molecular weight excluding hydrogens is 358 g/mol. The van der Waals surface area contributed by atoms with Crippen molar-refractivity contribution in [2.75, 3.05) is 5.32 Å². The molecule has 3 N–H and O–H groups in total. The second kappa shape index (κ2) is 7.34. The normalized spacial score (nSPS) is 10.4. The van der Waals surface area contributed by atoms with Gasteiger partial charge in [-0.15, -0.1) is 0 Å². The van der Waals surface area contributed by atoms with Crippen LogP contribution < -0.4 is 10.8 Å². The molecule has 9 heteroatoms. The van der Waals surface area contributed by atoms with Crippen LogP contribution in [0.15, 0.2) is 48.8 Å². The quantitative estimate of drug-likeness (QED) is 0.482. The molecule has 0 saturated carbocycles. The first-order chi connectivity index (χ1) is 12.5. The van der Waals surface area contributed by atoms with Crippen LogP contribution in [0.25, 0.3) is 11.1 Å². The number of anilines is 1. The van der Waals surface area contributed by atoms with E-state index in [0.29, 0.717) is 21.7 Å². The third-order valence-corrected chi connectivity index (χ3v) is 4.01. The summed E-state index contributed by atoms with van der Waals surface area (Å²) in [7, 11) is 1.59. The summed E-state index contributed by atoms with van der Waals surface area (Å²) in [5, 5.41) is 15.9. The van der Waals surface area contributed by atoms with Gasteiger partial charge in [0.15, 0.2) is 5.82 Å². The summed E-state index contributed by atoms with van der Waals surface area (Å²) < 4.78 is 1.35. The van der Waals surface area contributed by atoms with Crippen LogP contribution in [0.3, 0.4) is 0 Å². The predicted molar refractivity (Wildman–Crippen MR) is 95.1 cm³/mol. The van der Waals surface area contributed by atoms with Gasteiger partial charge in [-0.05, 0) is 29.8 Å².